The van der Waals surface area contributed by atoms with Gasteiger partial charge in [0.15, 0.2) is 5.36 Å². The Balaban J connectivity index is 1.75. The number of nitro benzene ring substituents is 2. The zero-order valence-corrected chi connectivity index (χ0v) is 19.9. The summed E-state index contributed by atoms with van der Waals surface area (Å²) in [6.07, 6.45) is 0. The Kier molecular flexibility index (Phi) is 6.85. The van der Waals surface area contributed by atoms with Crippen molar-refractivity contribution in [1.82, 2.24) is 0 Å². The summed E-state index contributed by atoms with van der Waals surface area (Å²) >= 11 is 0. The first kappa shape index (κ1) is 26.5. The molecule has 4 rings (SSSR count). The number of hydrogen-bond acceptors (Lipinski definition) is 14. The van der Waals surface area contributed by atoms with Crippen molar-refractivity contribution in [2.24, 2.45) is 10.2 Å². The fourth-order valence-electron chi connectivity index (χ4n) is 3.42. The van der Waals surface area contributed by atoms with E-state index in [9.17, 15) is 47.9 Å². The van der Waals surface area contributed by atoms with Gasteiger partial charge in [-0.15, -0.1) is 0 Å². The molecule has 0 aliphatic rings. The van der Waals surface area contributed by atoms with Crippen LogP contribution in [0.25, 0.3) is 10.8 Å². The third-order valence-corrected chi connectivity index (χ3v) is 6.11. The molecule has 39 heavy (non-hydrogen) atoms. The first-order valence-electron chi connectivity index (χ1n) is 10.5. The molecule has 3 N–H and O–H groups in total. The number of nitrogens with zero attached hydrogens (tertiary/aromatic N) is 4. The zero-order valence-electron chi connectivity index (χ0n) is 19.1. The lowest BCUT2D eigenvalue weighted by Gasteiger charge is -2.10. The number of nitro groups is 2. The van der Waals surface area contributed by atoms with Crippen molar-refractivity contribution in [3.05, 3.63) is 112 Å². The van der Waals surface area contributed by atoms with Gasteiger partial charge in [0.2, 0.25) is 16.6 Å². The van der Waals surface area contributed by atoms with Crippen molar-refractivity contribution >= 4 is 43.6 Å². The summed E-state index contributed by atoms with van der Waals surface area (Å²) in [5, 5.41) is 39.5. The topological polar surface area (TPSA) is 247 Å². The Morgan fingerprint density at radius 1 is 0.846 bits per heavy atom. The average Bonchev–Trinajstić information content (AvgIpc) is 2.87. The van der Waals surface area contributed by atoms with Crippen molar-refractivity contribution < 1.29 is 27.9 Å². The van der Waals surface area contributed by atoms with Gasteiger partial charge in [-0.2, -0.15) is 10.2 Å². The number of non-ortho nitro benzene ring substituents is 1. The van der Waals surface area contributed by atoms with Gasteiger partial charge in [-0.25, -0.2) is 8.42 Å². The molecule has 0 saturated carbocycles. The monoisotopic (exact) mass is 553 g/mol. The Morgan fingerprint density at radius 3 is 2.23 bits per heavy atom. The number of nitrogens with one attached hydrogen (secondary N) is 2. The van der Waals surface area contributed by atoms with Gasteiger partial charge < -0.3 is 9.66 Å². The minimum absolute atomic E-state index is 0.260. The SMILES string of the molecule is O=c1cc/c(=N\Nc2cc([N+](=O)[O-])cc([N+](=O)[O-])c2O)c(=O)/c1=N/Nc1cccc2cc(S(=O)(=O)[O-])ccc12. The molecule has 0 saturated heterocycles. The fraction of sp³-hybridized carbons (Fsp3) is 0. The van der Waals surface area contributed by atoms with Crippen LogP contribution in [0, 0.1) is 20.2 Å². The van der Waals surface area contributed by atoms with Gasteiger partial charge in [0.25, 0.3) is 5.69 Å². The first-order valence-corrected chi connectivity index (χ1v) is 11.9. The van der Waals surface area contributed by atoms with Crippen molar-refractivity contribution in [3.63, 3.8) is 0 Å². The Labute approximate surface area is 215 Å². The van der Waals surface area contributed by atoms with Crippen molar-refractivity contribution in [3.8, 4) is 5.75 Å². The molecule has 4 aromatic rings. The highest BCUT2D eigenvalue weighted by Crippen LogP contribution is 2.37. The molecule has 0 aromatic heterocycles. The standard InChI is InChI=1S/C22H14N6O10S/c29-19-7-6-16(24-25-17-9-12(27(32)33)10-18(21(17)30)28(34)35)22(31)20(19)26-23-15-3-1-2-11-8-13(39(36,37)38)4-5-14(11)15/h1-10,23,25,30H,(H,36,37,38)/p-1/b24-16+,26-20+. The summed E-state index contributed by atoms with van der Waals surface area (Å²) in [4.78, 5) is 44.9. The molecule has 0 aliphatic heterocycles. The van der Waals surface area contributed by atoms with Gasteiger partial charge >= 0.3 is 5.69 Å². The molecule has 16 nitrogen and oxygen atoms in total. The van der Waals surface area contributed by atoms with Gasteiger partial charge in [-0.05, 0) is 35.7 Å². The van der Waals surface area contributed by atoms with E-state index in [-0.39, 0.29) is 5.69 Å². The second-order valence-corrected chi connectivity index (χ2v) is 9.11. The molecule has 0 bridgehead atoms. The normalized spacial score (nSPS) is 12.4. The van der Waals surface area contributed by atoms with Crippen molar-refractivity contribution in [1.29, 1.82) is 0 Å². The number of benzene rings is 4. The smallest absolute Gasteiger partial charge is 0.319 e. The van der Waals surface area contributed by atoms with E-state index in [4.69, 9.17) is 0 Å². The van der Waals surface area contributed by atoms with Crippen LogP contribution in [-0.2, 0) is 10.1 Å². The van der Waals surface area contributed by atoms with Crippen molar-refractivity contribution in [2.75, 3.05) is 10.9 Å². The van der Waals surface area contributed by atoms with Crippen LogP contribution >= 0.6 is 0 Å². The zero-order chi connectivity index (χ0) is 28.5. The van der Waals surface area contributed by atoms with E-state index < -0.39 is 69.2 Å². The van der Waals surface area contributed by atoms with Gasteiger partial charge in [0.05, 0.1) is 26.5 Å². The molecule has 0 aliphatic carbocycles. The van der Waals surface area contributed by atoms with Crippen molar-refractivity contribution in [2.45, 2.75) is 4.90 Å². The molecule has 4 aromatic carbocycles. The van der Waals surface area contributed by atoms with Crippen LogP contribution in [0.15, 0.2) is 85.4 Å². The Bertz CT molecular complexity index is 2020. The number of hydrogen-bond donors (Lipinski definition) is 3. The van der Waals surface area contributed by atoms with E-state index >= 15 is 0 Å². The van der Waals surface area contributed by atoms with E-state index in [1.807, 2.05) is 0 Å². The highest BCUT2D eigenvalue weighted by molar-refractivity contribution is 7.85. The predicted octanol–water partition coefficient (Wildman–Crippen LogP) is 0.717. The molecule has 17 heteroatoms. The molecule has 0 amide bonds. The van der Waals surface area contributed by atoms with E-state index in [0.717, 1.165) is 30.3 Å². The van der Waals surface area contributed by atoms with E-state index in [1.165, 1.54) is 24.3 Å². The lowest BCUT2D eigenvalue weighted by Crippen LogP contribution is -2.47. The highest BCUT2D eigenvalue weighted by Gasteiger charge is 2.23. The molecular formula is C22H13N6O10S-. The largest absolute Gasteiger partial charge is 0.744 e. The summed E-state index contributed by atoms with van der Waals surface area (Å²) in [6.45, 7) is 0. The molecular weight excluding hydrogens is 540 g/mol. The van der Waals surface area contributed by atoms with Gasteiger partial charge in [-0.3, -0.25) is 40.7 Å². The van der Waals surface area contributed by atoms with Crippen LogP contribution in [-0.4, -0.2) is 27.9 Å². The number of fused-ring (bicyclic) bond motifs is 1. The summed E-state index contributed by atoms with van der Waals surface area (Å²) in [7, 11) is -4.70. The maximum Gasteiger partial charge on any atom is 0.319 e. The van der Waals surface area contributed by atoms with Crippen LogP contribution in [0.1, 0.15) is 0 Å². The lowest BCUT2D eigenvalue weighted by atomic mass is 10.1. The molecule has 0 spiro atoms. The molecule has 0 heterocycles. The quantitative estimate of drug-likeness (QED) is 0.124. The van der Waals surface area contributed by atoms with E-state index in [2.05, 4.69) is 21.1 Å². The maximum atomic E-state index is 12.8. The minimum Gasteiger partial charge on any atom is -0.744 e. The molecule has 0 unspecified atom stereocenters. The van der Waals surface area contributed by atoms with Crippen LogP contribution in [0.2, 0.25) is 0 Å². The molecule has 198 valence electrons. The maximum absolute atomic E-state index is 12.8. The van der Waals surface area contributed by atoms with Crippen LogP contribution in [0.3, 0.4) is 0 Å². The van der Waals surface area contributed by atoms with E-state index in [0.29, 0.717) is 16.8 Å². The number of phenols is 1. The third-order valence-electron chi connectivity index (χ3n) is 5.28. The highest BCUT2D eigenvalue weighted by atomic mass is 32.2. The molecule has 0 radical (unpaired) electrons. The van der Waals surface area contributed by atoms with Crippen LogP contribution < -0.4 is 32.4 Å². The molecule has 0 atom stereocenters. The summed E-state index contributed by atoms with van der Waals surface area (Å²) in [5.41, 5.74) is 0.888. The third kappa shape index (κ3) is 5.43. The fourth-order valence-corrected chi connectivity index (χ4v) is 3.93. The van der Waals surface area contributed by atoms with Gasteiger partial charge in [0, 0.05) is 11.5 Å². The van der Waals surface area contributed by atoms with Crippen LogP contribution in [0.5, 0.6) is 5.75 Å². The summed E-state index contributed by atoms with van der Waals surface area (Å²) < 4.78 is 33.9. The second-order valence-electron chi connectivity index (χ2n) is 7.73. The van der Waals surface area contributed by atoms with Gasteiger partial charge in [0.1, 0.15) is 21.2 Å². The summed E-state index contributed by atoms with van der Waals surface area (Å²) in [6, 6.07) is 11.4. The number of anilines is 2. The van der Waals surface area contributed by atoms with Crippen LogP contribution in [0.4, 0.5) is 22.7 Å². The Hall–Kier alpha value is -5.55. The first-order chi connectivity index (χ1) is 18.4. The second kappa shape index (κ2) is 10.1. The predicted molar refractivity (Wildman–Crippen MR) is 133 cm³/mol. The summed E-state index contributed by atoms with van der Waals surface area (Å²) in [5.74, 6) is -0.974. The Morgan fingerprint density at radius 2 is 1.56 bits per heavy atom. The number of aromatic hydroxyl groups is 1. The number of rotatable bonds is 7. The van der Waals surface area contributed by atoms with E-state index in [1.54, 1.807) is 0 Å². The minimum atomic E-state index is -4.70. The lowest BCUT2D eigenvalue weighted by molar-refractivity contribution is -0.394. The molecule has 0 fully saturated rings. The average molecular weight is 553 g/mol. The number of phenolic OH excluding ortho intramolecular Hbond substituents is 1. The van der Waals surface area contributed by atoms with Gasteiger partial charge in [-0.1, -0.05) is 18.2 Å².